The lowest BCUT2D eigenvalue weighted by Gasteiger charge is -2.07. The monoisotopic (exact) mass is 413 g/mol. The van der Waals surface area contributed by atoms with Gasteiger partial charge in [-0.3, -0.25) is 14.9 Å². The van der Waals surface area contributed by atoms with Crippen molar-refractivity contribution in [3.8, 4) is 11.4 Å². The minimum Gasteiger partial charge on any atom is -0.481 e. The van der Waals surface area contributed by atoms with Gasteiger partial charge in [-0.25, -0.2) is 9.78 Å². The zero-order valence-corrected chi connectivity index (χ0v) is 15.7. The number of carboxylic acids is 1. The van der Waals surface area contributed by atoms with Crippen molar-refractivity contribution in [3.63, 3.8) is 0 Å². The summed E-state index contributed by atoms with van der Waals surface area (Å²) in [5, 5.41) is 14.4. The van der Waals surface area contributed by atoms with Crippen molar-refractivity contribution < 1.29 is 19.5 Å². The molecule has 1 aromatic heterocycles. The number of carbonyl (C=O) groups excluding carboxylic acids is 2. The molecule has 2 aromatic carbocycles. The zero-order chi connectivity index (χ0) is 21.0. The van der Waals surface area contributed by atoms with E-state index >= 15 is 0 Å². The molecule has 0 aliphatic carbocycles. The minimum absolute atomic E-state index is 0.0293. The van der Waals surface area contributed by atoms with Gasteiger partial charge < -0.3 is 21.1 Å². The Labute approximate surface area is 169 Å². The summed E-state index contributed by atoms with van der Waals surface area (Å²) in [5.41, 5.74) is 6.88. The summed E-state index contributed by atoms with van der Waals surface area (Å²) in [5.74, 6) is -1.45. The Morgan fingerprint density at radius 2 is 1.83 bits per heavy atom. The number of hydrogen-bond donors (Lipinski definition) is 5. The van der Waals surface area contributed by atoms with E-state index in [1.54, 1.807) is 48.5 Å². The van der Waals surface area contributed by atoms with Gasteiger partial charge in [0.25, 0.3) is 5.91 Å². The van der Waals surface area contributed by atoms with Crippen LogP contribution in [0.2, 0.25) is 5.02 Å². The van der Waals surface area contributed by atoms with E-state index in [0.29, 0.717) is 27.7 Å². The largest absolute Gasteiger partial charge is 0.481 e. The maximum atomic E-state index is 12.2. The second-order valence-electron chi connectivity index (χ2n) is 6.03. The molecule has 0 saturated carbocycles. The summed E-state index contributed by atoms with van der Waals surface area (Å²) in [7, 11) is 0. The van der Waals surface area contributed by atoms with Gasteiger partial charge in [0.05, 0.1) is 6.42 Å². The van der Waals surface area contributed by atoms with Gasteiger partial charge in [-0.1, -0.05) is 41.9 Å². The molecular weight excluding hydrogens is 398 g/mol. The van der Waals surface area contributed by atoms with Gasteiger partial charge in [0.2, 0.25) is 0 Å². The highest BCUT2D eigenvalue weighted by Gasteiger charge is 2.18. The number of urea groups is 1. The lowest BCUT2D eigenvalue weighted by atomic mass is 10.1. The zero-order valence-electron chi connectivity index (χ0n) is 14.9. The first kappa shape index (κ1) is 19.9. The fraction of sp³-hybridized carbons (Fsp3) is 0.0526. The molecule has 3 rings (SSSR count). The predicted octanol–water partition coefficient (Wildman–Crippen LogP) is 3.10. The molecule has 0 spiro atoms. The third kappa shape index (κ3) is 5.11. The lowest BCUT2D eigenvalue weighted by molar-refractivity contribution is -0.136. The van der Waals surface area contributed by atoms with Gasteiger partial charge >= 0.3 is 12.0 Å². The van der Waals surface area contributed by atoms with Crippen molar-refractivity contribution >= 4 is 41.0 Å². The SMILES string of the molecule is NC(=O)c1nc(-c2ccc(CC(=O)O)cc2)[nH]c1NC(=O)Nc1cccc(Cl)c1. The maximum Gasteiger partial charge on any atom is 0.324 e. The average Bonchev–Trinajstić information content (AvgIpc) is 3.05. The Kier molecular flexibility index (Phi) is 5.79. The number of halogens is 1. The van der Waals surface area contributed by atoms with Crippen molar-refractivity contribution in [1.29, 1.82) is 0 Å². The molecule has 9 nitrogen and oxygen atoms in total. The molecule has 29 heavy (non-hydrogen) atoms. The standard InChI is InChI=1S/C19H16ClN5O4/c20-12-2-1-3-13(9-12)22-19(29)25-18-15(16(21)28)23-17(24-18)11-6-4-10(5-7-11)8-14(26)27/h1-7,9H,8H2,(H2,21,28)(H,23,24)(H,26,27)(H2,22,25,29). The van der Waals surface area contributed by atoms with Crippen LogP contribution in [0.4, 0.5) is 16.3 Å². The third-order valence-electron chi connectivity index (χ3n) is 3.84. The first-order chi connectivity index (χ1) is 13.8. The Balaban J connectivity index is 1.80. The number of anilines is 2. The lowest BCUT2D eigenvalue weighted by Crippen LogP contribution is -2.22. The second-order valence-corrected chi connectivity index (χ2v) is 6.47. The van der Waals surface area contributed by atoms with Gasteiger partial charge in [0.15, 0.2) is 5.69 Å². The Morgan fingerprint density at radius 1 is 1.10 bits per heavy atom. The van der Waals surface area contributed by atoms with Crippen LogP contribution in [0, 0.1) is 0 Å². The maximum absolute atomic E-state index is 12.2. The molecule has 148 valence electrons. The highest BCUT2D eigenvalue weighted by molar-refractivity contribution is 6.30. The van der Waals surface area contributed by atoms with Crippen LogP contribution in [0.1, 0.15) is 16.1 Å². The van der Waals surface area contributed by atoms with Crippen LogP contribution in [0.3, 0.4) is 0 Å². The summed E-state index contributed by atoms with van der Waals surface area (Å²) < 4.78 is 0. The first-order valence-corrected chi connectivity index (χ1v) is 8.74. The number of nitrogens with one attached hydrogen (secondary N) is 3. The number of hydrogen-bond acceptors (Lipinski definition) is 4. The van der Waals surface area contributed by atoms with Crippen LogP contribution in [0.25, 0.3) is 11.4 Å². The second kappa shape index (κ2) is 8.44. The highest BCUT2D eigenvalue weighted by atomic mass is 35.5. The minimum atomic E-state index is -0.941. The molecule has 0 saturated heterocycles. The topological polar surface area (TPSA) is 150 Å². The molecule has 3 amide bonds. The van der Waals surface area contributed by atoms with Crippen LogP contribution in [-0.4, -0.2) is 33.0 Å². The van der Waals surface area contributed by atoms with E-state index in [9.17, 15) is 14.4 Å². The molecule has 0 unspecified atom stereocenters. The van der Waals surface area contributed by atoms with Crippen LogP contribution in [0.15, 0.2) is 48.5 Å². The number of amides is 3. The van der Waals surface area contributed by atoms with E-state index in [1.807, 2.05) is 0 Å². The number of aliphatic carboxylic acids is 1. The van der Waals surface area contributed by atoms with Crippen molar-refractivity contribution in [1.82, 2.24) is 9.97 Å². The van der Waals surface area contributed by atoms with Crippen LogP contribution in [0.5, 0.6) is 0 Å². The normalized spacial score (nSPS) is 10.4. The van der Waals surface area contributed by atoms with Crippen molar-refractivity contribution in [2.24, 2.45) is 5.73 Å². The fourth-order valence-electron chi connectivity index (χ4n) is 2.58. The number of carbonyl (C=O) groups is 3. The Hall–Kier alpha value is -3.85. The third-order valence-corrected chi connectivity index (χ3v) is 4.08. The van der Waals surface area contributed by atoms with Crippen molar-refractivity contribution in [2.45, 2.75) is 6.42 Å². The Morgan fingerprint density at radius 3 is 2.45 bits per heavy atom. The molecule has 0 aliphatic rings. The summed E-state index contributed by atoms with van der Waals surface area (Å²) in [6.07, 6.45) is -0.110. The van der Waals surface area contributed by atoms with Gasteiger partial charge in [0.1, 0.15) is 11.6 Å². The summed E-state index contributed by atoms with van der Waals surface area (Å²) >= 11 is 5.88. The number of primary amides is 1. The predicted molar refractivity (Wildman–Crippen MR) is 108 cm³/mol. The van der Waals surface area contributed by atoms with E-state index < -0.39 is 17.9 Å². The molecule has 0 radical (unpaired) electrons. The summed E-state index contributed by atoms with van der Waals surface area (Å²) in [6, 6.07) is 12.5. The van der Waals surface area contributed by atoms with E-state index in [4.69, 9.17) is 22.4 Å². The quantitative estimate of drug-likeness (QED) is 0.420. The first-order valence-electron chi connectivity index (χ1n) is 8.36. The summed E-state index contributed by atoms with van der Waals surface area (Å²) in [4.78, 5) is 41.7. The van der Waals surface area contributed by atoms with Gasteiger partial charge in [-0.15, -0.1) is 0 Å². The molecule has 0 bridgehead atoms. The van der Waals surface area contributed by atoms with E-state index in [1.165, 1.54) is 0 Å². The average molecular weight is 414 g/mol. The van der Waals surface area contributed by atoms with Crippen LogP contribution < -0.4 is 16.4 Å². The van der Waals surface area contributed by atoms with Crippen LogP contribution >= 0.6 is 11.6 Å². The molecular formula is C19H16ClN5O4. The molecule has 3 aromatic rings. The number of nitrogens with zero attached hydrogens (tertiary/aromatic N) is 1. The molecule has 0 atom stereocenters. The number of benzene rings is 2. The Bertz CT molecular complexity index is 1080. The van der Waals surface area contributed by atoms with Gasteiger partial charge in [-0.05, 0) is 23.8 Å². The fourth-order valence-corrected chi connectivity index (χ4v) is 2.77. The number of carboxylic acid groups (broad SMARTS) is 1. The van der Waals surface area contributed by atoms with Crippen molar-refractivity contribution in [3.05, 3.63) is 64.8 Å². The van der Waals surface area contributed by atoms with Crippen LogP contribution in [-0.2, 0) is 11.2 Å². The summed E-state index contributed by atoms with van der Waals surface area (Å²) in [6.45, 7) is 0. The molecule has 0 aliphatic heterocycles. The number of H-pyrrole nitrogens is 1. The number of rotatable bonds is 6. The van der Waals surface area contributed by atoms with Crippen molar-refractivity contribution in [2.75, 3.05) is 10.6 Å². The molecule has 10 heteroatoms. The number of aromatic amines is 1. The van der Waals surface area contributed by atoms with E-state index in [2.05, 4.69) is 20.6 Å². The molecule has 0 fully saturated rings. The van der Waals surface area contributed by atoms with Gasteiger partial charge in [0, 0.05) is 16.3 Å². The van der Waals surface area contributed by atoms with Gasteiger partial charge in [-0.2, -0.15) is 0 Å². The smallest absolute Gasteiger partial charge is 0.324 e. The number of imidazole rings is 1. The molecule has 1 heterocycles. The van der Waals surface area contributed by atoms with E-state index in [-0.39, 0.29) is 17.9 Å². The number of aromatic nitrogens is 2. The highest BCUT2D eigenvalue weighted by Crippen LogP contribution is 2.22. The van der Waals surface area contributed by atoms with E-state index in [0.717, 1.165) is 0 Å². The number of nitrogens with two attached hydrogens (primary N) is 1. The molecule has 6 N–H and O–H groups in total.